The normalized spacial score (nSPS) is 11.5. The van der Waals surface area contributed by atoms with E-state index in [1.807, 2.05) is 67.6 Å². The molecule has 0 saturated carbocycles. The minimum absolute atomic E-state index is 0.173. The van der Waals surface area contributed by atoms with Crippen LogP contribution >= 0.6 is 23.4 Å². The van der Waals surface area contributed by atoms with Gasteiger partial charge in [-0.3, -0.25) is 4.79 Å². The molecular weight excluding hydrogens is 484 g/mol. The maximum Gasteiger partial charge on any atom is 0.250 e. The largest absolute Gasteiger partial charge is 0.493 e. The van der Waals surface area contributed by atoms with Crippen LogP contribution in [0.4, 0.5) is 0 Å². The smallest absolute Gasteiger partial charge is 0.250 e. The van der Waals surface area contributed by atoms with Gasteiger partial charge >= 0.3 is 0 Å². The van der Waals surface area contributed by atoms with E-state index in [1.54, 1.807) is 20.3 Å². The highest BCUT2D eigenvalue weighted by Crippen LogP contribution is 2.28. The summed E-state index contributed by atoms with van der Waals surface area (Å²) in [5, 5.41) is 5.70. The van der Waals surface area contributed by atoms with Crippen molar-refractivity contribution in [2.75, 3.05) is 20.0 Å². The van der Waals surface area contributed by atoms with E-state index in [9.17, 15) is 4.79 Å². The Morgan fingerprint density at radius 1 is 1.06 bits per heavy atom. The van der Waals surface area contributed by atoms with Gasteiger partial charge in [0.15, 0.2) is 16.7 Å². The van der Waals surface area contributed by atoms with Gasteiger partial charge in [-0.25, -0.2) is 10.4 Å². The average molecular weight is 509 g/mol. The monoisotopic (exact) mass is 508 g/mol. The summed E-state index contributed by atoms with van der Waals surface area (Å²) in [5.41, 5.74) is 7.09. The van der Waals surface area contributed by atoms with E-state index in [0.717, 1.165) is 27.3 Å². The molecule has 0 aliphatic heterocycles. The molecule has 4 rings (SSSR count). The van der Waals surface area contributed by atoms with Crippen LogP contribution in [0.2, 0.25) is 5.02 Å². The van der Waals surface area contributed by atoms with Crippen LogP contribution < -0.4 is 14.9 Å². The first kappa shape index (κ1) is 24.6. The van der Waals surface area contributed by atoms with Crippen LogP contribution in [0.1, 0.15) is 18.1 Å². The van der Waals surface area contributed by atoms with Crippen molar-refractivity contribution >= 4 is 46.0 Å². The summed E-state index contributed by atoms with van der Waals surface area (Å²) in [7, 11) is 3.16. The molecule has 1 amide bonds. The molecule has 0 radical (unpaired) electrons. The maximum atomic E-state index is 12.6. The third kappa shape index (κ3) is 5.96. The summed E-state index contributed by atoms with van der Waals surface area (Å²) in [4.78, 5) is 17.3. The number of aromatic nitrogens is 2. The summed E-state index contributed by atoms with van der Waals surface area (Å²) >= 11 is 7.40. The molecule has 9 heteroatoms. The van der Waals surface area contributed by atoms with Crippen LogP contribution in [-0.4, -0.2) is 41.1 Å². The Kier molecular flexibility index (Phi) is 7.94. The number of nitrogens with one attached hydrogen (secondary N) is 1. The molecule has 0 bridgehead atoms. The highest BCUT2D eigenvalue weighted by atomic mass is 35.5. The highest BCUT2D eigenvalue weighted by Gasteiger charge is 2.14. The molecule has 0 saturated heterocycles. The van der Waals surface area contributed by atoms with Crippen molar-refractivity contribution in [3.8, 4) is 11.5 Å². The number of ether oxygens (including phenoxy) is 2. The van der Waals surface area contributed by atoms with Gasteiger partial charge in [0, 0.05) is 10.6 Å². The summed E-state index contributed by atoms with van der Waals surface area (Å²) in [6.07, 6.45) is 0. The van der Waals surface area contributed by atoms with Crippen molar-refractivity contribution in [3.05, 3.63) is 82.9 Å². The Labute approximate surface area is 213 Å². The van der Waals surface area contributed by atoms with Crippen LogP contribution in [-0.2, 0) is 11.3 Å². The van der Waals surface area contributed by atoms with E-state index in [0.29, 0.717) is 28.8 Å². The fraction of sp³-hybridized carbons (Fsp3) is 0.192. The van der Waals surface area contributed by atoms with Crippen molar-refractivity contribution in [1.29, 1.82) is 0 Å². The topological polar surface area (TPSA) is 77.7 Å². The quantitative estimate of drug-likeness (QED) is 0.186. The van der Waals surface area contributed by atoms with E-state index >= 15 is 0 Å². The van der Waals surface area contributed by atoms with Gasteiger partial charge in [-0.2, -0.15) is 5.10 Å². The number of para-hydroxylation sites is 2. The first-order valence-corrected chi connectivity index (χ1v) is 12.2. The van der Waals surface area contributed by atoms with Crippen molar-refractivity contribution in [2.45, 2.75) is 18.6 Å². The van der Waals surface area contributed by atoms with Gasteiger partial charge in [0.1, 0.15) is 0 Å². The molecule has 0 aliphatic rings. The van der Waals surface area contributed by atoms with Gasteiger partial charge in [0.25, 0.3) is 5.91 Å². The summed E-state index contributed by atoms with van der Waals surface area (Å²) < 4.78 is 12.7. The number of benzene rings is 3. The van der Waals surface area contributed by atoms with Crippen LogP contribution in [0.25, 0.3) is 11.0 Å². The zero-order valence-electron chi connectivity index (χ0n) is 19.6. The lowest BCUT2D eigenvalue weighted by Crippen LogP contribution is -2.21. The second-order valence-electron chi connectivity index (χ2n) is 7.69. The van der Waals surface area contributed by atoms with E-state index < -0.39 is 0 Å². The fourth-order valence-electron chi connectivity index (χ4n) is 3.52. The fourth-order valence-corrected chi connectivity index (χ4v) is 4.46. The zero-order valence-corrected chi connectivity index (χ0v) is 21.2. The molecule has 0 fully saturated rings. The van der Waals surface area contributed by atoms with E-state index in [2.05, 4.69) is 15.1 Å². The number of thioether (sulfide) groups is 1. The Bertz CT molecular complexity index is 1370. The summed E-state index contributed by atoms with van der Waals surface area (Å²) in [6, 6.07) is 21.1. The van der Waals surface area contributed by atoms with Crippen LogP contribution in [0, 0.1) is 0 Å². The number of hydrogen-bond acceptors (Lipinski definition) is 6. The molecule has 0 unspecified atom stereocenters. The number of amides is 1. The lowest BCUT2D eigenvalue weighted by molar-refractivity contribution is -0.118. The number of hydrazone groups is 1. The Balaban J connectivity index is 1.45. The SMILES string of the molecule is COc1ccc(C(C)=NNC(=O)CSc2nc3ccccc3n2Cc2ccc(Cl)cc2)cc1OC. The maximum absolute atomic E-state index is 12.6. The van der Waals surface area contributed by atoms with Crippen LogP contribution in [0.5, 0.6) is 11.5 Å². The summed E-state index contributed by atoms with van der Waals surface area (Å²) in [6.45, 7) is 2.44. The van der Waals surface area contributed by atoms with Crippen molar-refractivity contribution in [1.82, 2.24) is 15.0 Å². The van der Waals surface area contributed by atoms with Gasteiger partial charge < -0.3 is 14.0 Å². The van der Waals surface area contributed by atoms with E-state index in [1.165, 1.54) is 11.8 Å². The first-order valence-electron chi connectivity index (χ1n) is 10.9. The number of carbonyl (C=O) groups is 1. The van der Waals surface area contributed by atoms with Gasteiger partial charge in [-0.05, 0) is 55.0 Å². The molecule has 1 aromatic heterocycles. The zero-order chi connectivity index (χ0) is 24.8. The molecular formula is C26H25ClN4O3S. The molecule has 0 aliphatic carbocycles. The lowest BCUT2D eigenvalue weighted by Gasteiger charge is -2.10. The highest BCUT2D eigenvalue weighted by molar-refractivity contribution is 7.99. The minimum atomic E-state index is -0.222. The first-order chi connectivity index (χ1) is 17.0. The Hall–Kier alpha value is -3.49. The number of nitrogens with zero attached hydrogens (tertiary/aromatic N) is 3. The molecule has 7 nitrogen and oxygen atoms in total. The number of rotatable bonds is 9. The number of hydrogen-bond donors (Lipinski definition) is 1. The Morgan fingerprint density at radius 3 is 2.54 bits per heavy atom. The van der Waals surface area contributed by atoms with Gasteiger partial charge in [0.2, 0.25) is 0 Å². The van der Waals surface area contributed by atoms with Crippen molar-refractivity contribution in [3.63, 3.8) is 0 Å². The molecule has 0 atom stereocenters. The molecule has 4 aromatic rings. The molecule has 3 aromatic carbocycles. The summed E-state index contributed by atoms with van der Waals surface area (Å²) in [5.74, 6) is 1.18. The van der Waals surface area contributed by atoms with Gasteiger partial charge in [-0.15, -0.1) is 0 Å². The number of methoxy groups -OCH3 is 2. The molecule has 1 heterocycles. The van der Waals surface area contributed by atoms with Crippen molar-refractivity contribution in [2.24, 2.45) is 5.10 Å². The second-order valence-corrected chi connectivity index (χ2v) is 9.07. The molecule has 180 valence electrons. The lowest BCUT2D eigenvalue weighted by atomic mass is 10.1. The predicted octanol–water partition coefficient (Wildman–Crippen LogP) is 5.39. The van der Waals surface area contributed by atoms with Gasteiger partial charge in [-0.1, -0.05) is 47.6 Å². The van der Waals surface area contributed by atoms with Crippen LogP contribution in [0.15, 0.2) is 77.0 Å². The minimum Gasteiger partial charge on any atom is -0.493 e. The number of halogens is 1. The Morgan fingerprint density at radius 2 is 1.80 bits per heavy atom. The molecule has 1 N–H and O–H groups in total. The van der Waals surface area contributed by atoms with Gasteiger partial charge in [0.05, 0.1) is 43.3 Å². The third-order valence-corrected chi connectivity index (χ3v) is 6.58. The predicted molar refractivity (Wildman–Crippen MR) is 141 cm³/mol. The number of fused-ring (bicyclic) bond motifs is 1. The third-order valence-electron chi connectivity index (χ3n) is 5.36. The molecule has 35 heavy (non-hydrogen) atoms. The van der Waals surface area contributed by atoms with Crippen molar-refractivity contribution < 1.29 is 14.3 Å². The average Bonchev–Trinajstić information content (AvgIpc) is 3.24. The van der Waals surface area contributed by atoms with E-state index in [4.69, 9.17) is 26.1 Å². The second kappa shape index (κ2) is 11.3. The standard InChI is InChI=1S/C26H25ClN4O3S/c1-17(19-10-13-23(33-2)24(14-19)34-3)29-30-25(32)16-35-26-28-21-6-4-5-7-22(21)31(26)15-18-8-11-20(27)12-9-18/h4-14H,15-16H2,1-3H3,(H,30,32). The number of imidazole rings is 1. The molecule has 0 spiro atoms. The van der Waals surface area contributed by atoms with E-state index in [-0.39, 0.29) is 11.7 Å². The van der Waals surface area contributed by atoms with Crippen LogP contribution in [0.3, 0.4) is 0 Å². The number of carbonyl (C=O) groups excluding carboxylic acids is 1.